The molecule has 1 unspecified atom stereocenters. The number of nitrogens with two attached hydrogens (primary N) is 1. The number of hydrogen-bond donors (Lipinski definition) is 2. The van der Waals surface area contributed by atoms with Gasteiger partial charge in [-0.05, 0) is 24.6 Å². The van der Waals surface area contributed by atoms with Gasteiger partial charge in [-0.25, -0.2) is 27.5 Å². The Morgan fingerprint density at radius 3 is 2.55 bits per heavy atom. The molecule has 8 heteroatoms. The Morgan fingerprint density at radius 2 is 1.95 bits per heavy atom. The number of aromatic nitrogens is 2. The molecule has 3 N–H and O–H groups in total. The molecule has 0 aliphatic carbocycles. The Hall–Kier alpha value is -2.06. The van der Waals surface area contributed by atoms with Crippen LogP contribution in [0.4, 0.5) is 10.3 Å². The summed E-state index contributed by atoms with van der Waals surface area (Å²) in [5.74, 6) is -0.438. The monoisotopic (exact) mass is 296 g/mol. The second-order valence-corrected chi connectivity index (χ2v) is 5.89. The maximum atomic E-state index is 13.1. The third kappa shape index (κ3) is 3.28. The summed E-state index contributed by atoms with van der Waals surface area (Å²) in [6, 6.07) is 5.12. The molecule has 1 heterocycles. The summed E-state index contributed by atoms with van der Waals surface area (Å²) >= 11 is 0. The highest BCUT2D eigenvalue weighted by molar-refractivity contribution is 7.89. The van der Waals surface area contributed by atoms with E-state index >= 15 is 0 Å². The average Bonchev–Trinajstić information content (AvgIpc) is 2.38. The number of nitrogen functional groups attached to an aromatic ring is 1. The topological polar surface area (TPSA) is 98.0 Å². The SMILES string of the molecule is CC(NS(=O)(=O)c1cnc(N)nc1)c1cccc(F)c1. The lowest BCUT2D eigenvalue weighted by Crippen LogP contribution is -2.27. The van der Waals surface area contributed by atoms with Gasteiger partial charge in [-0.1, -0.05) is 12.1 Å². The molecule has 0 aliphatic rings. The van der Waals surface area contributed by atoms with Gasteiger partial charge in [0.25, 0.3) is 0 Å². The molecule has 2 aromatic rings. The Balaban J connectivity index is 2.22. The van der Waals surface area contributed by atoms with Crippen molar-refractivity contribution in [3.63, 3.8) is 0 Å². The number of rotatable bonds is 4. The molecule has 0 radical (unpaired) electrons. The van der Waals surface area contributed by atoms with Crippen molar-refractivity contribution in [2.75, 3.05) is 5.73 Å². The summed E-state index contributed by atoms with van der Waals surface area (Å²) in [5.41, 5.74) is 5.82. The normalized spacial score (nSPS) is 13.1. The lowest BCUT2D eigenvalue weighted by atomic mass is 10.1. The minimum Gasteiger partial charge on any atom is -0.368 e. The smallest absolute Gasteiger partial charge is 0.244 e. The van der Waals surface area contributed by atoms with Crippen LogP contribution in [-0.2, 0) is 10.0 Å². The fourth-order valence-corrected chi connectivity index (χ4v) is 2.73. The first-order valence-corrected chi connectivity index (χ1v) is 7.22. The van der Waals surface area contributed by atoms with Crippen LogP contribution in [0.5, 0.6) is 0 Å². The van der Waals surface area contributed by atoms with E-state index in [1.54, 1.807) is 13.0 Å². The second-order valence-electron chi connectivity index (χ2n) is 4.17. The van der Waals surface area contributed by atoms with Crippen LogP contribution in [0.25, 0.3) is 0 Å². The standard InChI is InChI=1S/C12H13FN4O2S/c1-8(9-3-2-4-10(13)5-9)17-20(18,19)11-6-15-12(14)16-7-11/h2-8,17H,1H3,(H2,14,15,16). The number of halogens is 1. The third-order valence-corrected chi connectivity index (χ3v) is 4.13. The van der Waals surface area contributed by atoms with Crippen molar-refractivity contribution >= 4 is 16.0 Å². The van der Waals surface area contributed by atoms with E-state index in [2.05, 4.69) is 14.7 Å². The largest absolute Gasteiger partial charge is 0.368 e. The summed E-state index contributed by atoms with van der Waals surface area (Å²) in [5, 5.41) is 0. The maximum Gasteiger partial charge on any atom is 0.244 e. The number of nitrogens with one attached hydrogen (secondary N) is 1. The Labute approximate surface area is 115 Å². The number of hydrogen-bond acceptors (Lipinski definition) is 5. The number of nitrogens with zero attached hydrogens (tertiary/aromatic N) is 2. The van der Waals surface area contributed by atoms with E-state index in [9.17, 15) is 12.8 Å². The second kappa shape index (κ2) is 5.51. The first kappa shape index (κ1) is 14.4. The van der Waals surface area contributed by atoms with Crippen molar-refractivity contribution in [3.05, 3.63) is 48.0 Å². The zero-order valence-corrected chi connectivity index (χ0v) is 11.4. The first-order chi connectivity index (χ1) is 9.38. The van der Waals surface area contributed by atoms with Crippen LogP contribution in [0.2, 0.25) is 0 Å². The van der Waals surface area contributed by atoms with Crippen LogP contribution in [0.15, 0.2) is 41.6 Å². The number of anilines is 1. The van der Waals surface area contributed by atoms with Gasteiger partial charge in [0.15, 0.2) is 0 Å². The Morgan fingerprint density at radius 1 is 1.30 bits per heavy atom. The fourth-order valence-electron chi connectivity index (χ4n) is 1.61. The lowest BCUT2D eigenvalue weighted by molar-refractivity contribution is 0.563. The van der Waals surface area contributed by atoms with E-state index in [0.717, 1.165) is 12.4 Å². The minimum atomic E-state index is -3.79. The molecule has 1 aromatic carbocycles. The van der Waals surface area contributed by atoms with Crippen LogP contribution in [0.3, 0.4) is 0 Å². The van der Waals surface area contributed by atoms with Crippen molar-refractivity contribution in [2.24, 2.45) is 0 Å². The fraction of sp³-hybridized carbons (Fsp3) is 0.167. The Bertz CT molecular complexity index is 704. The summed E-state index contributed by atoms with van der Waals surface area (Å²) in [6.07, 6.45) is 2.23. The van der Waals surface area contributed by atoms with Crippen molar-refractivity contribution in [2.45, 2.75) is 17.9 Å². The van der Waals surface area contributed by atoms with Gasteiger partial charge in [0.2, 0.25) is 16.0 Å². The van der Waals surface area contributed by atoms with Crippen molar-refractivity contribution in [3.8, 4) is 0 Å². The zero-order valence-electron chi connectivity index (χ0n) is 10.6. The van der Waals surface area contributed by atoms with Gasteiger partial charge in [0.1, 0.15) is 10.7 Å². The summed E-state index contributed by atoms with van der Waals surface area (Å²) in [7, 11) is -3.79. The third-order valence-electron chi connectivity index (χ3n) is 2.64. The quantitative estimate of drug-likeness (QED) is 0.884. The van der Waals surface area contributed by atoms with Gasteiger partial charge in [0.05, 0.1) is 12.4 Å². The van der Waals surface area contributed by atoms with Crippen LogP contribution < -0.4 is 10.5 Å². The summed E-state index contributed by atoms with van der Waals surface area (Å²) in [6.45, 7) is 1.62. The molecule has 0 spiro atoms. The molecule has 0 aliphatic heterocycles. The van der Waals surface area contributed by atoms with E-state index < -0.39 is 21.9 Å². The molecule has 0 saturated carbocycles. The van der Waals surface area contributed by atoms with Gasteiger partial charge < -0.3 is 5.73 Å². The predicted molar refractivity (Wildman–Crippen MR) is 71.6 cm³/mol. The summed E-state index contributed by atoms with van der Waals surface area (Å²) in [4.78, 5) is 7.15. The zero-order chi connectivity index (χ0) is 14.8. The van der Waals surface area contributed by atoms with Crippen LogP contribution >= 0.6 is 0 Å². The maximum absolute atomic E-state index is 13.1. The molecule has 106 valence electrons. The van der Waals surface area contributed by atoms with Crippen molar-refractivity contribution in [1.29, 1.82) is 0 Å². The number of benzene rings is 1. The van der Waals surface area contributed by atoms with E-state index in [1.165, 1.54) is 18.2 Å². The molecule has 0 bridgehead atoms. The molecule has 20 heavy (non-hydrogen) atoms. The molecule has 0 amide bonds. The summed E-state index contributed by atoms with van der Waals surface area (Å²) < 4.78 is 39.7. The van der Waals surface area contributed by atoms with Crippen molar-refractivity contribution in [1.82, 2.24) is 14.7 Å². The van der Waals surface area contributed by atoms with E-state index in [1.807, 2.05) is 0 Å². The van der Waals surface area contributed by atoms with E-state index in [0.29, 0.717) is 5.56 Å². The van der Waals surface area contributed by atoms with E-state index in [-0.39, 0.29) is 10.8 Å². The molecule has 1 aromatic heterocycles. The van der Waals surface area contributed by atoms with Gasteiger partial charge in [-0.15, -0.1) is 0 Å². The molecule has 2 rings (SSSR count). The molecule has 6 nitrogen and oxygen atoms in total. The average molecular weight is 296 g/mol. The first-order valence-electron chi connectivity index (χ1n) is 5.74. The molecule has 0 saturated heterocycles. The highest BCUT2D eigenvalue weighted by Gasteiger charge is 2.19. The van der Waals surface area contributed by atoms with E-state index in [4.69, 9.17) is 5.73 Å². The minimum absolute atomic E-state index is 0.0119. The molecular weight excluding hydrogens is 283 g/mol. The number of sulfonamides is 1. The molecule has 0 fully saturated rings. The van der Waals surface area contributed by atoms with Crippen LogP contribution in [0.1, 0.15) is 18.5 Å². The highest BCUT2D eigenvalue weighted by Crippen LogP contribution is 2.17. The molecular formula is C12H13FN4O2S. The van der Waals surface area contributed by atoms with Gasteiger partial charge in [-0.2, -0.15) is 0 Å². The Kier molecular flexibility index (Phi) is 3.96. The van der Waals surface area contributed by atoms with Crippen LogP contribution in [-0.4, -0.2) is 18.4 Å². The molecule has 1 atom stereocenters. The lowest BCUT2D eigenvalue weighted by Gasteiger charge is -2.14. The predicted octanol–water partition coefficient (Wildman–Crippen LogP) is 1.24. The van der Waals surface area contributed by atoms with Crippen molar-refractivity contribution < 1.29 is 12.8 Å². The van der Waals surface area contributed by atoms with Gasteiger partial charge >= 0.3 is 0 Å². The van der Waals surface area contributed by atoms with Gasteiger partial charge in [-0.3, -0.25) is 0 Å². The van der Waals surface area contributed by atoms with Gasteiger partial charge in [0, 0.05) is 6.04 Å². The highest BCUT2D eigenvalue weighted by atomic mass is 32.2. The van der Waals surface area contributed by atoms with Crippen LogP contribution in [0, 0.1) is 5.82 Å².